The minimum atomic E-state index is 0.0820. The van der Waals surface area contributed by atoms with E-state index in [0.29, 0.717) is 6.54 Å². The fraction of sp³-hybridized carbons (Fsp3) is 0.278. The van der Waals surface area contributed by atoms with E-state index in [4.69, 9.17) is 11.6 Å². The van der Waals surface area contributed by atoms with Crippen LogP contribution in [-0.2, 0) is 11.3 Å². The Morgan fingerprint density at radius 1 is 1.14 bits per heavy atom. The van der Waals surface area contributed by atoms with Crippen LogP contribution < -0.4 is 0 Å². The average molecular weight is 300 g/mol. The lowest BCUT2D eigenvalue weighted by molar-refractivity contribution is -0.131. The van der Waals surface area contributed by atoms with Crippen LogP contribution in [0.25, 0.3) is 0 Å². The van der Waals surface area contributed by atoms with Gasteiger partial charge in [-0.15, -0.1) is 0 Å². The molecule has 1 aliphatic rings. The molecule has 1 aliphatic carbocycles. The number of nitrogens with zero attached hydrogens (tertiary/aromatic N) is 1. The van der Waals surface area contributed by atoms with Crippen LogP contribution >= 0.6 is 11.6 Å². The number of hydrogen-bond donors (Lipinski definition) is 0. The lowest BCUT2D eigenvalue weighted by atomic mass is 10.1. The molecule has 0 saturated heterocycles. The van der Waals surface area contributed by atoms with E-state index < -0.39 is 0 Å². The van der Waals surface area contributed by atoms with Gasteiger partial charge in [0.05, 0.1) is 0 Å². The van der Waals surface area contributed by atoms with Gasteiger partial charge in [0.2, 0.25) is 5.91 Å². The maximum atomic E-state index is 12.5. The normalized spacial score (nSPS) is 20.1. The summed E-state index contributed by atoms with van der Waals surface area (Å²) in [4.78, 5) is 14.3. The molecule has 1 fully saturated rings. The number of amides is 1. The third kappa shape index (κ3) is 3.11. The first-order chi connectivity index (χ1) is 10.2. The Morgan fingerprint density at radius 3 is 2.52 bits per heavy atom. The summed E-state index contributed by atoms with van der Waals surface area (Å²) < 4.78 is 0. The highest BCUT2D eigenvalue weighted by Crippen LogP contribution is 2.50. The van der Waals surface area contributed by atoms with Crippen LogP contribution in [-0.4, -0.2) is 17.9 Å². The number of carbonyl (C=O) groups excluding carboxylic acids is 1. The zero-order chi connectivity index (χ0) is 14.8. The quantitative estimate of drug-likeness (QED) is 0.832. The molecule has 0 aromatic heterocycles. The lowest BCUT2D eigenvalue weighted by Gasteiger charge is -2.17. The van der Waals surface area contributed by atoms with Crippen molar-refractivity contribution in [1.29, 1.82) is 0 Å². The Hall–Kier alpha value is -1.80. The van der Waals surface area contributed by atoms with E-state index in [1.165, 1.54) is 0 Å². The van der Waals surface area contributed by atoms with Crippen molar-refractivity contribution in [2.75, 3.05) is 7.05 Å². The maximum Gasteiger partial charge on any atom is 0.226 e. The van der Waals surface area contributed by atoms with E-state index in [1.54, 1.807) is 0 Å². The molecule has 21 heavy (non-hydrogen) atoms. The molecular formula is C18H18ClNO. The Morgan fingerprint density at radius 2 is 1.81 bits per heavy atom. The molecule has 2 unspecified atom stereocenters. The van der Waals surface area contributed by atoms with E-state index in [1.807, 2.05) is 66.5 Å². The largest absolute Gasteiger partial charge is 0.341 e. The summed E-state index contributed by atoms with van der Waals surface area (Å²) in [6.07, 6.45) is 0.904. The summed E-state index contributed by atoms with van der Waals surface area (Å²) >= 11 is 6.21. The van der Waals surface area contributed by atoms with Crippen LogP contribution in [0.5, 0.6) is 0 Å². The standard InChI is InChI=1S/C18H18ClNO/c1-20(12-13-7-3-2-4-8-13)18(21)16-11-15(16)14-9-5-6-10-17(14)19/h2-10,15-16H,11-12H2,1H3. The van der Waals surface area contributed by atoms with Gasteiger partial charge in [0.15, 0.2) is 0 Å². The zero-order valence-electron chi connectivity index (χ0n) is 12.0. The molecule has 1 saturated carbocycles. The smallest absolute Gasteiger partial charge is 0.226 e. The van der Waals surface area contributed by atoms with Crippen molar-refractivity contribution in [3.63, 3.8) is 0 Å². The van der Waals surface area contributed by atoms with Gasteiger partial charge in [-0.05, 0) is 29.5 Å². The van der Waals surface area contributed by atoms with E-state index in [-0.39, 0.29) is 17.7 Å². The van der Waals surface area contributed by atoms with Gasteiger partial charge in [-0.2, -0.15) is 0 Å². The van der Waals surface area contributed by atoms with Gasteiger partial charge in [-0.1, -0.05) is 60.1 Å². The van der Waals surface area contributed by atoms with Crippen LogP contribution in [0.3, 0.4) is 0 Å². The molecule has 2 aromatic rings. The van der Waals surface area contributed by atoms with Crippen LogP contribution in [0.15, 0.2) is 54.6 Å². The van der Waals surface area contributed by atoms with E-state index >= 15 is 0 Å². The van der Waals surface area contributed by atoms with Crippen LogP contribution in [0.2, 0.25) is 5.02 Å². The van der Waals surface area contributed by atoms with Crippen LogP contribution in [0.4, 0.5) is 0 Å². The highest BCUT2D eigenvalue weighted by Gasteiger charge is 2.45. The third-order valence-electron chi connectivity index (χ3n) is 4.05. The lowest BCUT2D eigenvalue weighted by Crippen LogP contribution is -2.28. The second-order valence-electron chi connectivity index (χ2n) is 5.65. The number of carbonyl (C=O) groups is 1. The zero-order valence-corrected chi connectivity index (χ0v) is 12.8. The topological polar surface area (TPSA) is 20.3 Å². The Labute approximate surface area is 130 Å². The minimum absolute atomic E-state index is 0.0820. The molecule has 0 heterocycles. The molecule has 0 N–H and O–H groups in total. The third-order valence-corrected chi connectivity index (χ3v) is 4.40. The molecule has 2 aromatic carbocycles. The van der Waals surface area contributed by atoms with Crippen molar-refractivity contribution >= 4 is 17.5 Å². The Kier molecular flexibility index (Phi) is 3.98. The van der Waals surface area contributed by atoms with Gasteiger partial charge in [-0.25, -0.2) is 0 Å². The number of benzene rings is 2. The molecule has 3 heteroatoms. The van der Waals surface area contributed by atoms with Gasteiger partial charge in [0, 0.05) is 24.5 Å². The van der Waals surface area contributed by atoms with E-state index in [2.05, 4.69) is 0 Å². The molecule has 0 spiro atoms. The summed E-state index contributed by atoms with van der Waals surface area (Å²) in [6.45, 7) is 0.658. The van der Waals surface area contributed by atoms with Crippen molar-refractivity contribution in [3.8, 4) is 0 Å². The van der Waals surface area contributed by atoms with Gasteiger partial charge in [0.1, 0.15) is 0 Å². The molecule has 0 aliphatic heterocycles. The number of halogens is 1. The van der Waals surface area contributed by atoms with Crippen molar-refractivity contribution < 1.29 is 4.79 Å². The van der Waals surface area contributed by atoms with Crippen molar-refractivity contribution in [2.45, 2.75) is 18.9 Å². The summed E-state index contributed by atoms with van der Waals surface area (Å²) in [5.41, 5.74) is 2.26. The molecule has 3 rings (SSSR count). The maximum absolute atomic E-state index is 12.5. The number of rotatable bonds is 4. The van der Waals surface area contributed by atoms with Crippen molar-refractivity contribution in [2.24, 2.45) is 5.92 Å². The van der Waals surface area contributed by atoms with Crippen molar-refractivity contribution in [3.05, 3.63) is 70.7 Å². The summed E-state index contributed by atoms with van der Waals surface area (Å²) in [7, 11) is 1.87. The second kappa shape index (κ2) is 5.90. The minimum Gasteiger partial charge on any atom is -0.341 e. The van der Waals surface area contributed by atoms with Crippen molar-refractivity contribution in [1.82, 2.24) is 4.90 Å². The highest BCUT2D eigenvalue weighted by molar-refractivity contribution is 6.31. The van der Waals surface area contributed by atoms with Gasteiger partial charge in [0.25, 0.3) is 0 Å². The summed E-state index contributed by atoms with van der Waals surface area (Å²) in [5, 5.41) is 0.767. The summed E-state index contributed by atoms with van der Waals surface area (Å²) in [6, 6.07) is 17.9. The van der Waals surface area contributed by atoms with Crippen LogP contribution in [0, 0.1) is 5.92 Å². The Balaban J connectivity index is 1.64. The Bertz CT molecular complexity index is 641. The molecule has 0 bridgehead atoms. The van der Waals surface area contributed by atoms with Crippen LogP contribution in [0.1, 0.15) is 23.5 Å². The van der Waals surface area contributed by atoms with E-state index in [0.717, 1.165) is 22.6 Å². The fourth-order valence-electron chi connectivity index (χ4n) is 2.81. The number of hydrogen-bond acceptors (Lipinski definition) is 1. The first kappa shape index (κ1) is 14.2. The molecule has 0 radical (unpaired) electrons. The highest BCUT2D eigenvalue weighted by atomic mass is 35.5. The van der Waals surface area contributed by atoms with Gasteiger partial charge >= 0.3 is 0 Å². The fourth-order valence-corrected chi connectivity index (χ4v) is 3.08. The molecule has 1 amide bonds. The summed E-state index contributed by atoms with van der Waals surface area (Å²) in [5.74, 6) is 0.576. The predicted octanol–water partition coefficient (Wildman–Crippen LogP) is 4.10. The second-order valence-corrected chi connectivity index (χ2v) is 6.06. The SMILES string of the molecule is CN(Cc1ccccc1)C(=O)C1CC1c1ccccc1Cl. The van der Waals surface area contributed by atoms with Gasteiger partial charge < -0.3 is 4.90 Å². The van der Waals surface area contributed by atoms with Gasteiger partial charge in [-0.3, -0.25) is 4.79 Å². The monoisotopic (exact) mass is 299 g/mol. The molecule has 2 nitrogen and oxygen atoms in total. The first-order valence-corrected chi connectivity index (χ1v) is 7.58. The molecule has 108 valence electrons. The predicted molar refractivity (Wildman–Crippen MR) is 85.2 cm³/mol. The molecule has 2 atom stereocenters. The molecular weight excluding hydrogens is 282 g/mol. The first-order valence-electron chi connectivity index (χ1n) is 7.20. The average Bonchev–Trinajstić information content (AvgIpc) is 3.28. The van der Waals surface area contributed by atoms with E-state index in [9.17, 15) is 4.79 Å².